The fraction of sp³-hybridized carbons (Fsp3) is 0.421. The second-order valence-corrected chi connectivity index (χ2v) is 7.64. The van der Waals surface area contributed by atoms with Crippen molar-refractivity contribution in [1.29, 1.82) is 0 Å². The molecule has 7 heteroatoms. The minimum Gasteiger partial charge on any atom is -0.368 e. The molecule has 1 amide bonds. The van der Waals surface area contributed by atoms with Crippen molar-refractivity contribution in [2.75, 3.05) is 31.1 Å². The van der Waals surface area contributed by atoms with Gasteiger partial charge in [-0.25, -0.2) is 0 Å². The molecule has 1 aliphatic rings. The van der Waals surface area contributed by atoms with Crippen molar-refractivity contribution in [3.63, 3.8) is 0 Å². The van der Waals surface area contributed by atoms with Crippen LogP contribution in [0.25, 0.3) is 0 Å². The predicted octanol–water partition coefficient (Wildman–Crippen LogP) is 2.60. The van der Waals surface area contributed by atoms with Gasteiger partial charge in [0.05, 0.1) is 5.25 Å². The Hall–Kier alpha value is -2.28. The van der Waals surface area contributed by atoms with E-state index in [4.69, 9.17) is 0 Å². The summed E-state index contributed by atoms with van der Waals surface area (Å²) in [6.07, 6.45) is 1.82. The zero-order valence-electron chi connectivity index (χ0n) is 15.3. The highest BCUT2D eigenvalue weighted by Crippen LogP contribution is 2.24. The van der Waals surface area contributed by atoms with Gasteiger partial charge in [0, 0.05) is 38.4 Å². The van der Waals surface area contributed by atoms with E-state index in [0.717, 1.165) is 37.2 Å². The molecule has 0 saturated carbocycles. The smallest absolute Gasteiger partial charge is 0.236 e. The third-order valence-corrected chi connectivity index (χ3v) is 5.62. The Balaban J connectivity index is 1.57. The lowest BCUT2D eigenvalue weighted by atomic mass is 10.2. The molecular formula is C19H25N5OS. The van der Waals surface area contributed by atoms with E-state index in [1.807, 2.05) is 47.6 Å². The van der Waals surface area contributed by atoms with Crippen LogP contribution in [0.2, 0.25) is 0 Å². The molecule has 6 nitrogen and oxygen atoms in total. The Kier molecular flexibility index (Phi) is 5.98. The molecule has 1 unspecified atom stereocenters. The van der Waals surface area contributed by atoms with Crippen LogP contribution in [0.15, 0.2) is 48.1 Å². The lowest BCUT2D eigenvalue weighted by Crippen LogP contribution is -2.50. The Bertz CT molecular complexity index is 753. The first-order valence-corrected chi connectivity index (χ1v) is 9.74. The van der Waals surface area contributed by atoms with Gasteiger partial charge in [-0.3, -0.25) is 4.79 Å². The van der Waals surface area contributed by atoms with E-state index in [9.17, 15) is 4.79 Å². The summed E-state index contributed by atoms with van der Waals surface area (Å²) in [5.74, 6) is 0.997. The van der Waals surface area contributed by atoms with Crippen molar-refractivity contribution < 1.29 is 4.79 Å². The van der Waals surface area contributed by atoms with E-state index < -0.39 is 0 Å². The second-order valence-electron chi connectivity index (χ2n) is 6.34. The van der Waals surface area contributed by atoms with E-state index in [1.54, 1.807) is 0 Å². The molecular weight excluding hydrogens is 346 g/mol. The molecule has 1 fully saturated rings. The molecule has 1 atom stereocenters. The summed E-state index contributed by atoms with van der Waals surface area (Å²) < 4.78 is 1.98. The number of amides is 1. The molecule has 3 rings (SSSR count). The van der Waals surface area contributed by atoms with Crippen LogP contribution in [-0.4, -0.2) is 57.0 Å². The molecule has 0 radical (unpaired) electrons. The van der Waals surface area contributed by atoms with Crippen molar-refractivity contribution >= 4 is 23.4 Å². The number of carbonyl (C=O) groups excluding carboxylic acids is 1. The summed E-state index contributed by atoms with van der Waals surface area (Å²) in [5, 5.41) is 8.90. The van der Waals surface area contributed by atoms with Crippen molar-refractivity contribution in [2.24, 2.45) is 0 Å². The topological polar surface area (TPSA) is 54.3 Å². The van der Waals surface area contributed by atoms with E-state index >= 15 is 0 Å². The number of piperazine rings is 1. The van der Waals surface area contributed by atoms with Crippen LogP contribution in [0.4, 0.5) is 5.69 Å². The van der Waals surface area contributed by atoms with E-state index in [2.05, 4.69) is 33.8 Å². The van der Waals surface area contributed by atoms with Crippen LogP contribution >= 0.6 is 11.8 Å². The highest BCUT2D eigenvalue weighted by Gasteiger charge is 2.27. The van der Waals surface area contributed by atoms with Crippen LogP contribution in [0.5, 0.6) is 0 Å². The maximum Gasteiger partial charge on any atom is 0.236 e. The number of rotatable bonds is 6. The van der Waals surface area contributed by atoms with Gasteiger partial charge in [0.15, 0.2) is 5.16 Å². The largest absolute Gasteiger partial charge is 0.368 e. The van der Waals surface area contributed by atoms with Gasteiger partial charge in [0.1, 0.15) is 5.82 Å². The molecule has 2 aromatic rings. The van der Waals surface area contributed by atoms with Crippen molar-refractivity contribution in [3.05, 3.63) is 48.8 Å². The number of nitrogens with zero attached hydrogens (tertiary/aromatic N) is 5. The Morgan fingerprint density at radius 1 is 1.23 bits per heavy atom. The number of allylic oxidation sites excluding steroid dienone is 1. The van der Waals surface area contributed by atoms with Crippen LogP contribution in [0, 0.1) is 6.92 Å². The molecule has 0 N–H and O–H groups in total. The summed E-state index contributed by atoms with van der Waals surface area (Å²) in [7, 11) is 0. The Labute approximate surface area is 158 Å². The summed E-state index contributed by atoms with van der Waals surface area (Å²) in [6.45, 7) is 11.5. The van der Waals surface area contributed by atoms with Gasteiger partial charge >= 0.3 is 0 Å². The van der Waals surface area contributed by atoms with Gasteiger partial charge in [-0.15, -0.1) is 16.8 Å². The van der Waals surface area contributed by atoms with Crippen molar-refractivity contribution in [1.82, 2.24) is 19.7 Å². The summed E-state index contributed by atoms with van der Waals surface area (Å²) in [5.41, 5.74) is 1.22. The van der Waals surface area contributed by atoms with Crippen molar-refractivity contribution in [2.45, 2.75) is 30.8 Å². The third kappa shape index (κ3) is 4.09. The number of aryl methyl sites for hydroxylation is 1. The zero-order valence-corrected chi connectivity index (χ0v) is 16.2. The number of hydrogen-bond acceptors (Lipinski definition) is 5. The summed E-state index contributed by atoms with van der Waals surface area (Å²) in [6, 6.07) is 10.4. The number of thioether (sulfide) groups is 1. The van der Waals surface area contributed by atoms with Gasteiger partial charge in [-0.05, 0) is 26.0 Å². The maximum atomic E-state index is 12.8. The first-order chi connectivity index (χ1) is 12.6. The van der Waals surface area contributed by atoms with E-state index in [0.29, 0.717) is 6.54 Å². The molecule has 0 spiro atoms. The first kappa shape index (κ1) is 18.5. The zero-order chi connectivity index (χ0) is 18.5. The fourth-order valence-electron chi connectivity index (χ4n) is 3.08. The van der Waals surface area contributed by atoms with Crippen LogP contribution in [-0.2, 0) is 11.3 Å². The number of hydrogen-bond donors (Lipinski definition) is 0. The van der Waals surface area contributed by atoms with Crippen molar-refractivity contribution in [3.8, 4) is 0 Å². The molecule has 0 bridgehead atoms. The van der Waals surface area contributed by atoms with Gasteiger partial charge < -0.3 is 14.4 Å². The minimum atomic E-state index is -0.189. The molecule has 0 aliphatic carbocycles. The monoisotopic (exact) mass is 371 g/mol. The standard InChI is InChI=1S/C19H25N5OS/c1-4-10-24-16(3)20-21-19(24)26-15(2)18(25)23-13-11-22(12-14-23)17-8-6-5-7-9-17/h4-9,15H,1,10-14H2,2-3H3. The normalized spacial score (nSPS) is 15.8. The van der Waals surface area contributed by atoms with Gasteiger partial charge in [-0.1, -0.05) is 36.0 Å². The minimum absolute atomic E-state index is 0.161. The van der Waals surface area contributed by atoms with Crippen LogP contribution < -0.4 is 4.90 Å². The predicted molar refractivity (Wildman–Crippen MR) is 106 cm³/mol. The first-order valence-electron chi connectivity index (χ1n) is 8.86. The molecule has 138 valence electrons. The fourth-order valence-corrected chi connectivity index (χ4v) is 4.07. The average molecular weight is 372 g/mol. The van der Waals surface area contributed by atoms with Gasteiger partial charge in [-0.2, -0.15) is 0 Å². The molecule has 1 aromatic heterocycles. The number of anilines is 1. The Morgan fingerprint density at radius 2 is 1.92 bits per heavy atom. The lowest BCUT2D eigenvalue weighted by molar-refractivity contribution is -0.130. The highest BCUT2D eigenvalue weighted by molar-refractivity contribution is 8.00. The summed E-state index contributed by atoms with van der Waals surface area (Å²) >= 11 is 1.47. The Morgan fingerprint density at radius 3 is 2.58 bits per heavy atom. The third-order valence-electron chi connectivity index (χ3n) is 4.56. The molecule has 1 aliphatic heterocycles. The SMILES string of the molecule is C=CCn1c(C)nnc1SC(C)C(=O)N1CCN(c2ccccc2)CC1. The van der Waals surface area contributed by atoms with Gasteiger partial charge in [0.25, 0.3) is 0 Å². The number of carbonyl (C=O) groups is 1. The molecule has 2 heterocycles. The maximum absolute atomic E-state index is 12.8. The van der Waals surface area contributed by atoms with Crippen LogP contribution in [0.3, 0.4) is 0 Å². The number of para-hydroxylation sites is 1. The number of aromatic nitrogens is 3. The van der Waals surface area contributed by atoms with E-state index in [1.165, 1.54) is 17.4 Å². The average Bonchev–Trinajstić information content (AvgIpc) is 3.02. The molecule has 26 heavy (non-hydrogen) atoms. The molecule has 1 aromatic carbocycles. The van der Waals surface area contributed by atoms with Crippen LogP contribution in [0.1, 0.15) is 12.7 Å². The van der Waals surface area contributed by atoms with Gasteiger partial charge in [0.2, 0.25) is 5.91 Å². The number of benzene rings is 1. The molecule has 1 saturated heterocycles. The van der Waals surface area contributed by atoms with E-state index in [-0.39, 0.29) is 11.2 Å². The quantitative estimate of drug-likeness (QED) is 0.577. The lowest BCUT2D eigenvalue weighted by Gasteiger charge is -2.37. The summed E-state index contributed by atoms with van der Waals surface area (Å²) in [4.78, 5) is 17.1. The second kappa shape index (κ2) is 8.40. The highest BCUT2D eigenvalue weighted by atomic mass is 32.2.